The summed E-state index contributed by atoms with van der Waals surface area (Å²) in [6.07, 6.45) is 3.77. The molecule has 0 aliphatic heterocycles. The summed E-state index contributed by atoms with van der Waals surface area (Å²) < 4.78 is 44.0. The molecule has 0 amide bonds. The lowest BCUT2D eigenvalue weighted by molar-refractivity contribution is -0.138. The van der Waals surface area contributed by atoms with Gasteiger partial charge in [0.25, 0.3) is 0 Å². The van der Waals surface area contributed by atoms with E-state index in [-0.39, 0.29) is 5.56 Å². The van der Waals surface area contributed by atoms with Crippen LogP contribution < -0.4 is 4.74 Å². The minimum absolute atomic E-state index is 0.0216. The number of aryl methyl sites for hydroxylation is 1. The summed E-state index contributed by atoms with van der Waals surface area (Å²) in [5, 5.41) is 0.509. The number of halogens is 3. The fourth-order valence-corrected chi connectivity index (χ4v) is 5.29. The van der Waals surface area contributed by atoms with Gasteiger partial charge in [-0.3, -0.25) is 4.79 Å². The van der Waals surface area contributed by atoms with Gasteiger partial charge < -0.3 is 4.74 Å². The molecular weight excluding hydrogens is 405 g/mol. The van der Waals surface area contributed by atoms with Crippen LogP contribution in [0.1, 0.15) is 56.1 Å². The van der Waals surface area contributed by atoms with Crippen LogP contribution in [0.4, 0.5) is 13.2 Å². The molecule has 156 valence electrons. The molecule has 0 aliphatic rings. The number of alkyl halides is 3. The van der Waals surface area contributed by atoms with Crippen molar-refractivity contribution in [3.63, 3.8) is 0 Å². The van der Waals surface area contributed by atoms with E-state index in [0.29, 0.717) is 21.4 Å². The van der Waals surface area contributed by atoms with E-state index in [1.165, 1.54) is 39.0 Å². The van der Waals surface area contributed by atoms with E-state index in [1.807, 2.05) is 12.1 Å². The maximum absolute atomic E-state index is 13.1. The molecule has 2 aromatic rings. The molecule has 0 saturated carbocycles. The van der Waals surface area contributed by atoms with Crippen molar-refractivity contribution in [3.05, 3.63) is 38.9 Å². The molecule has 1 aromatic heterocycles. The normalized spacial score (nSPS) is 12.0. The molecule has 28 heavy (non-hydrogen) atoms. The third-order valence-corrected chi connectivity index (χ3v) is 6.71. The van der Waals surface area contributed by atoms with Gasteiger partial charge in [-0.15, -0.1) is 11.8 Å². The summed E-state index contributed by atoms with van der Waals surface area (Å²) in [6.45, 7) is 2.22. The largest absolute Gasteiger partial charge is 0.421 e. The molecule has 2 rings (SSSR count). The Bertz CT molecular complexity index is 816. The van der Waals surface area contributed by atoms with Gasteiger partial charge in [-0.05, 0) is 48.6 Å². The van der Waals surface area contributed by atoms with Gasteiger partial charge in [0, 0.05) is 23.3 Å². The Labute approximate surface area is 172 Å². The molecule has 0 spiro atoms. The van der Waals surface area contributed by atoms with Crippen LogP contribution in [0.3, 0.4) is 0 Å². The molecule has 2 nitrogen and oxygen atoms in total. The molecular formula is C21H27F3O2S2. The quantitative estimate of drug-likeness (QED) is 0.281. The van der Waals surface area contributed by atoms with Gasteiger partial charge in [-0.25, -0.2) is 0 Å². The molecule has 0 unspecified atom stereocenters. The first-order valence-corrected chi connectivity index (χ1v) is 11.4. The Kier molecular flexibility index (Phi) is 9.31. The Morgan fingerprint density at radius 3 is 2.32 bits per heavy atom. The lowest BCUT2D eigenvalue weighted by atomic mass is 10.1. The number of fused-ring (bicyclic) bond motifs is 1. The van der Waals surface area contributed by atoms with Gasteiger partial charge in [0.1, 0.15) is 5.56 Å². The zero-order chi connectivity index (χ0) is 20.6. The predicted molar refractivity (Wildman–Crippen MR) is 113 cm³/mol. The summed E-state index contributed by atoms with van der Waals surface area (Å²) in [6, 6.07) is 5.40. The van der Waals surface area contributed by atoms with Gasteiger partial charge >= 0.3 is 6.18 Å². The molecule has 0 radical (unpaired) electrons. The lowest BCUT2D eigenvalue weighted by Crippen LogP contribution is -2.18. The number of thioether (sulfide) groups is 1. The van der Waals surface area contributed by atoms with Crippen molar-refractivity contribution in [2.24, 2.45) is 0 Å². The molecule has 0 fully saturated rings. The van der Waals surface area contributed by atoms with Crippen LogP contribution in [0.2, 0.25) is 0 Å². The fraction of sp³-hybridized carbons (Fsp3) is 0.571. The fourth-order valence-electron chi connectivity index (χ4n) is 3.18. The highest BCUT2D eigenvalue weighted by Gasteiger charge is 2.36. The molecule has 0 aliphatic carbocycles. The number of rotatable bonds is 11. The second-order valence-electron chi connectivity index (χ2n) is 6.86. The van der Waals surface area contributed by atoms with Crippen LogP contribution in [0.25, 0.3) is 10.1 Å². The van der Waals surface area contributed by atoms with Crippen LogP contribution >= 0.6 is 23.1 Å². The van der Waals surface area contributed by atoms with Crippen molar-refractivity contribution >= 4 is 33.2 Å². The SMILES string of the molecule is COCCCCCCCCCSc1ccc2c(C)c(C(F)(F)F)c(=O)sc2c1. The van der Waals surface area contributed by atoms with E-state index >= 15 is 0 Å². The van der Waals surface area contributed by atoms with E-state index in [2.05, 4.69) is 0 Å². The van der Waals surface area contributed by atoms with Gasteiger partial charge in [-0.2, -0.15) is 13.2 Å². The molecule has 7 heteroatoms. The maximum Gasteiger partial charge on any atom is 0.421 e. The minimum atomic E-state index is -4.61. The van der Waals surface area contributed by atoms with Gasteiger partial charge in [-0.1, -0.05) is 49.5 Å². The van der Waals surface area contributed by atoms with Crippen molar-refractivity contribution in [3.8, 4) is 0 Å². The molecule has 1 aromatic carbocycles. The highest BCUT2D eigenvalue weighted by atomic mass is 32.2. The predicted octanol–water partition coefficient (Wildman–Crippen LogP) is 7.06. The van der Waals surface area contributed by atoms with Crippen molar-refractivity contribution in [1.82, 2.24) is 0 Å². The topological polar surface area (TPSA) is 26.3 Å². The lowest BCUT2D eigenvalue weighted by Gasteiger charge is -2.11. The van der Waals surface area contributed by atoms with E-state index in [0.717, 1.165) is 30.1 Å². The minimum Gasteiger partial charge on any atom is -0.385 e. The van der Waals surface area contributed by atoms with E-state index in [4.69, 9.17) is 4.74 Å². The Morgan fingerprint density at radius 1 is 1.04 bits per heavy atom. The van der Waals surface area contributed by atoms with Crippen LogP contribution in [0.15, 0.2) is 27.9 Å². The average Bonchev–Trinajstić information content (AvgIpc) is 2.62. The Hall–Kier alpha value is -1.05. The van der Waals surface area contributed by atoms with Crippen LogP contribution in [-0.4, -0.2) is 19.5 Å². The van der Waals surface area contributed by atoms with E-state index in [9.17, 15) is 18.0 Å². The molecule has 0 bridgehead atoms. The van der Waals surface area contributed by atoms with E-state index in [1.54, 1.807) is 24.9 Å². The standard InChI is InChI=1S/C21H27F3O2S2/c1-15-17-11-10-16(14-18(17)28-20(25)19(15)21(22,23)24)27-13-9-7-5-3-4-6-8-12-26-2/h10-11,14H,3-9,12-13H2,1-2H3. The van der Waals surface area contributed by atoms with Crippen molar-refractivity contribution in [1.29, 1.82) is 0 Å². The number of hydrogen-bond acceptors (Lipinski definition) is 4. The van der Waals surface area contributed by atoms with Crippen LogP contribution in [-0.2, 0) is 10.9 Å². The van der Waals surface area contributed by atoms with Crippen LogP contribution in [0.5, 0.6) is 0 Å². The number of ether oxygens (including phenoxy) is 1. The van der Waals surface area contributed by atoms with Crippen molar-refractivity contribution in [2.75, 3.05) is 19.5 Å². The third-order valence-electron chi connectivity index (χ3n) is 4.68. The molecule has 0 atom stereocenters. The number of unbranched alkanes of at least 4 members (excludes halogenated alkanes) is 6. The Balaban J connectivity index is 1.84. The summed E-state index contributed by atoms with van der Waals surface area (Å²) >= 11 is 2.38. The number of benzene rings is 1. The maximum atomic E-state index is 13.1. The first-order chi connectivity index (χ1) is 13.3. The first-order valence-electron chi connectivity index (χ1n) is 9.61. The van der Waals surface area contributed by atoms with Gasteiger partial charge in [0.2, 0.25) is 4.74 Å². The summed E-state index contributed by atoms with van der Waals surface area (Å²) in [5.74, 6) is 0.976. The highest BCUT2D eigenvalue weighted by Crippen LogP contribution is 2.35. The van der Waals surface area contributed by atoms with E-state index < -0.39 is 16.5 Å². The highest BCUT2D eigenvalue weighted by molar-refractivity contribution is 7.99. The monoisotopic (exact) mass is 432 g/mol. The molecule has 1 heterocycles. The van der Waals surface area contributed by atoms with Crippen LogP contribution in [0, 0.1) is 6.92 Å². The zero-order valence-corrected chi connectivity index (χ0v) is 18.0. The second kappa shape index (κ2) is 11.2. The number of hydrogen-bond donors (Lipinski definition) is 0. The smallest absolute Gasteiger partial charge is 0.385 e. The first kappa shape index (κ1) is 23.2. The van der Waals surface area contributed by atoms with Crippen molar-refractivity contribution in [2.45, 2.75) is 62.9 Å². The summed E-state index contributed by atoms with van der Waals surface area (Å²) in [5.41, 5.74) is -1.01. The summed E-state index contributed by atoms with van der Waals surface area (Å²) in [7, 11) is 1.73. The molecule has 0 N–H and O–H groups in total. The average molecular weight is 433 g/mol. The molecule has 0 saturated heterocycles. The number of methoxy groups -OCH3 is 1. The second-order valence-corrected chi connectivity index (χ2v) is 9.04. The van der Waals surface area contributed by atoms with Gasteiger partial charge in [0.05, 0.1) is 0 Å². The van der Waals surface area contributed by atoms with Crippen molar-refractivity contribution < 1.29 is 17.9 Å². The zero-order valence-electron chi connectivity index (χ0n) is 16.4. The summed E-state index contributed by atoms with van der Waals surface area (Å²) in [4.78, 5) is 12.9. The van der Waals surface area contributed by atoms with Gasteiger partial charge in [0.15, 0.2) is 0 Å². The Morgan fingerprint density at radius 2 is 1.68 bits per heavy atom. The third kappa shape index (κ3) is 6.78.